The predicted octanol–water partition coefficient (Wildman–Crippen LogP) is 1.99. The Morgan fingerprint density at radius 3 is 2.58 bits per heavy atom. The molecule has 1 unspecified atom stereocenters. The van der Waals surface area contributed by atoms with Crippen molar-refractivity contribution in [2.45, 2.75) is 38.8 Å². The molecular formula is C19H29N3O4. The lowest BCUT2D eigenvalue weighted by Gasteiger charge is -2.40. The number of methoxy groups -OCH3 is 1. The van der Waals surface area contributed by atoms with E-state index in [0.29, 0.717) is 32.8 Å². The Hall–Kier alpha value is -2.28. The lowest BCUT2D eigenvalue weighted by molar-refractivity contribution is -0.119. The monoisotopic (exact) mass is 363 g/mol. The van der Waals surface area contributed by atoms with Crippen LogP contribution in [0.2, 0.25) is 0 Å². The van der Waals surface area contributed by atoms with E-state index in [1.165, 1.54) is 0 Å². The maximum atomic E-state index is 12.2. The van der Waals surface area contributed by atoms with E-state index < -0.39 is 0 Å². The average molecular weight is 363 g/mol. The first kappa shape index (κ1) is 20.0. The Morgan fingerprint density at radius 2 is 1.96 bits per heavy atom. The van der Waals surface area contributed by atoms with Crippen LogP contribution >= 0.6 is 0 Å². The first-order valence-electron chi connectivity index (χ1n) is 9.10. The van der Waals surface area contributed by atoms with E-state index in [4.69, 9.17) is 15.2 Å². The van der Waals surface area contributed by atoms with E-state index in [0.717, 1.165) is 24.2 Å². The summed E-state index contributed by atoms with van der Waals surface area (Å²) in [6, 6.07) is 7.73. The third-order valence-corrected chi connectivity index (χ3v) is 4.57. The van der Waals surface area contributed by atoms with Crippen LogP contribution in [-0.2, 0) is 16.1 Å². The van der Waals surface area contributed by atoms with Crippen LogP contribution in [0.25, 0.3) is 0 Å². The van der Waals surface area contributed by atoms with Crippen LogP contribution in [0.1, 0.15) is 31.7 Å². The maximum absolute atomic E-state index is 12.2. The van der Waals surface area contributed by atoms with Crippen LogP contribution in [0.15, 0.2) is 24.3 Å². The molecule has 2 amide bonds. The summed E-state index contributed by atoms with van der Waals surface area (Å²) < 4.78 is 10.5. The van der Waals surface area contributed by atoms with Crippen molar-refractivity contribution in [3.05, 3.63) is 29.8 Å². The SMILES string of the molecule is CCCCOC(=O)N1CCN(Cc2ccc(OC)cc2)C(CC(N)=O)C1. The molecule has 0 bridgehead atoms. The fourth-order valence-electron chi connectivity index (χ4n) is 3.05. The topological polar surface area (TPSA) is 85.1 Å². The van der Waals surface area contributed by atoms with Crippen LogP contribution in [0.4, 0.5) is 4.79 Å². The van der Waals surface area contributed by atoms with E-state index >= 15 is 0 Å². The highest BCUT2D eigenvalue weighted by Crippen LogP contribution is 2.19. The minimum atomic E-state index is -0.365. The standard InChI is InChI=1S/C19H29N3O4/c1-3-4-11-26-19(24)22-10-9-21(16(14-22)12-18(20)23)13-15-5-7-17(25-2)8-6-15/h5-8,16H,3-4,9-14H2,1-2H3,(H2,20,23). The molecule has 1 aromatic rings. The van der Waals surface area contributed by atoms with Gasteiger partial charge in [0.2, 0.25) is 5.91 Å². The van der Waals surface area contributed by atoms with Crippen LogP contribution < -0.4 is 10.5 Å². The number of hydrogen-bond acceptors (Lipinski definition) is 5. The summed E-state index contributed by atoms with van der Waals surface area (Å²) in [6.45, 7) is 4.88. The fraction of sp³-hybridized carbons (Fsp3) is 0.579. The molecule has 1 aromatic carbocycles. The Labute approximate surface area is 155 Å². The van der Waals surface area contributed by atoms with Gasteiger partial charge in [-0.05, 0) is 24.1 Å². The van der Waals surface area contributed by atoms with E-state index in [1.807, 2.05) is 24.3 Å². The molecular weight excluding hydrogens is 334 g/mol. The minimum absolute atomic E-state index is 0.109. The Balaban J connectivity index is 1.98. The van der Waals surface area contributed by atoms with Crippen LogP contribution in [-0.4, -0.2) is 61.2 Å². The summed E-state index contributed by atoms with van der Waals surface area (Å²) in [7, 11) is 1.64. The minimum Gasteiger partial charge on any atom is -0.497 e. The molecule has 26 heavy (non-hydrogen) atoms. The second-order valence-electron chi connectivity index (χ2n) is 6.56. The Bertz CT molecular complexity index is 591. The third-order valence-electron chi connectivity index (χ3n) is 4.57. The van der Waals surface area contributed by atoms with Crippen molar-refractivity contribution in [2.24, 2.45) is 5.73 Å². The van der Waals surface area contributed by atoms with Crippen molar-refractivity contribution in [1.82, 2.24) is 9.80 Å². The molecule has 1 fully saturated rings. The first-order chi connectivity index (χ1) is 12.5. The van der Waals surface area contributed by atoms with E-state index in [1.54, 1.807) is 12.0 Å². The van der Waals surface area contributed by atoms with Crippen molar-refractivity contribution in [1.29, 1.82) is 0 Å². The summed E-state index contributed by atoms with van der Waals surface area (Å²) in [5, 5.41) is 0. The highest BCUT2D eigenvalue weighted by molar-refractivity contribution is 5.74. The molecule has 7 heteroatoms. The lowest BCUT2D eigenvalue weighted by atomic mass is 10.1. The van der Waals surface area contributed by atoms with Crippen LogP contribution in [0.3, 0.4) is 0 Å². The van der Waals surface area contributed by atoms with Gasteiger partial charge in [-0.25, -0.2) is 4.79 Å². The second-order valence-corrected chi connectivity index (χ2v) is 6.56. The number of amides is 2. The number of piperazine rings is 1. The van der Waals surface area contributed by atoms with E-state index in [-0.39, 0.29) is 24.5 Å². The van der Waals surface area contributed by atoms with Gasteiger partial charge in [0.05, 0.1) is 13.7 Å². The first-order valence-corrected chi connectivity index (χ1v) is 9.10. The number of carbonyl (C=O) groups is 2. The highest BCUT2D eigenvalue weighted by atomic mass is 16.6. The van der Waals surface area contributed by atoms with Crippen molar-refractivity contribution in [2.75, 3.05) is 33.4 Å². The van der Waals surface area contributed by atoms with Gasteiger partial charge in [-0.15, -0.1) is 0 Å². The smallest absolute Gasteiger partial charge is 0.409 e. The average Bonchev–Trinajstić information content (AvgIpc) is 2.63. The molecule has 1 aliphatic heterocycles. The number of primary amides is 1. The molecule has 1 saturated heterocycles. The lowest BCUT2D eigenvalue weighted by Crippen LogP contribution is -2.55. The summed E-state index contributed by atoms with van der Waals surface area (Å²) >= 11 is 0. The van der Waals surface area contributed by atoms with Gasteiger partial charge in [-0.3, -0.25) is 9.69 Å². The van der Waals surface area contributed by atoms with Gasteiger partial charge in [0.25, 0.3) is 0 Å². The molecule has 7 nitrogen and oxygen atoms in total. The molecule has 0 radical (unpaired) electrons. The van der Waals surface area contributed by atoms with Crippen molar-refractivity contribution in [3.8, 4) is 5.75 Å². The summed E-state index contributed by atoms with van der Waals surface area (Å²) in [5.74, 6) is 0.443. The number of benzene rings is 1. The van der Waals surface area contributed by atoms with Gasteiger partial charge in [0.1, 0.15) is 5.75 Å². The molecule has 1 atom stereocenters. The number of nitrogens with zero attached hydrogens (tertiary/aromatic N) is 2. The summed E-state index contributed by atoms with van der Waals surface area (Å²) in [5.41, 5.74) is 6.54. The zero-order valence-corrected chi connectivity index (χ0v) is 15.6. The maximum Gasteiger partial charge on any atom is 0.409 e. The molecule has 1 aliphatic rings. The third kappa shape index (κ3) is 5.91. The van der Waals surface area contributed by atoms with Gasteiger partial charge >= 0.3 is 6.09 Å². The largest absolute Gasteiger partial charge is 0.497 e. The highest BCUT2D eigenvalue weighted by Gasteiger charge is 2.31. The van der Waals surface area contributed by atoms with Crippen molar-refractivity contribution >= 4 is 12.0 Å². The number of unbranched alkanes of at least 4 members (excludes halogenated alkanes) is 1. The quantitative estimate of drug-likeness (QED) is 0.714. The molecule has 2 rings (SSSR count). The summed E-state index contributed by atoms with van der Waals surface area (Å²) in [6.07, 6.45) is 1.74. The summed E-state index contributed by atoms with van der Waals surface area (Å²) in [4.78, 5) is 27.5. The zero-order valence-electron chi connectivity index (χ0n) is 15.6. The molecule has 0 saturated carbocycles. The predicted molar refractivity (Wildman–Crippen MR) is 98.8 cm³/mol. The van der Waals surface area contributed by atoms with Crippen LogP contribution in [0.5, 0.6) is 5.75 Å². The van der Waals surface area contributed by atoms with Crippen molar-refractivity contribution < 1.29 is 19.1 Å². The number of nitrogens with two attached hydrogens (primary N) is 1. The van der Waals surface area contributed by atoms with Crippen LogP contribution in [0, 0.1) is 0 Å². The van der Waals surface area contributed by atoms with Gasteiger partial charge in [0.15, 0.2) is 0 Å². The van der Waals surface area contributed by atoms with Gasteiger partial charge in [-0.2, -0.15) is 0 Å². The molecule has 0 spiro atoms. The second kappa shape index (κ2) is 10.0. The van der Waals surface area contributed by atoms with E-state index in [2.05, 4.69) is 11.8 Å². The van der Waals surface area contributed by atoms with Crippen molar-refractivity contribution in [3.63, 3.8) is 0 Å². The number of rotatable bonds is 8. The Kier molecular flexibility index (Phi) is 7.72. The molecule has 0 aromatic heterocycles. The van der Waals surface area contributed by atoms with Gasteiger partial charge in [-0.1, -0.05) is 25.5 Å². The fourth-order valence-corrected chi connectivity index (χ4v) is 3.05. The Morgan fingerprint density at radius 1 is 1.23 bits per heavy atom. The zero-order chi connectivity index (χ0) is 18.9. The van der Waals surface area contributed by atoms with Gasteiger partial charge < -0.3 is 20.1 Å². The van der Waals surface area contributed by atoms with Gasteiger partial charge in [0, 0.05) is 38.6 Å². The number of carbonyl (C=O) groups excluding carboxylic acids is 2. The molecule has 144 valence electrons. The normalized spacial score (nSPS) is 17.8. The number of hydrogen-bond donors (Lipinski definition) is 1. The number of ether oxygens (including phenoxy) is 2. The van der Waals surface area contributed by atoms with E-state index in [9.17, 15) is 9.59 Å². The molecule has 0 aliphatic carbocycles. The molecule has 1 heterocycles. The molecule has 2 N–H and O–H groups in total.